The van der Waals surface area contributed by atoms with E-state index in [1.165, 1.54) is 55.6 Å². The summed E-state index contributed by atoms with van der Waals surface area (Å²) < 4.78 is 3.39. The quantitative estimate of drug-likeness (QED) is 0.116. The van der Waals surface area contributed by atoms with Crippen molar-refractivity contribution in [1.29, 1.82) is 0 Å². The van der Waals surface area contributed by atoms with Gasteiger partial charge in [0.25, 0.3) is 0 Å². The van der Waals surface area contributed by atoms with Crippen molar-refractivity contribution >= 4 is 4.26 Å². The maximum Gasteiger partial charge on any atom is -0.0253 e. The van der Waals surface area contributed by atoms with Gasteiger partial charge in [-0.2, -0.15) is 53.6 Å². The largest absolute Gasteiger partial charge is 0.179 e. The monoisotopic (exact) mass is 636 g/mol. The van der Waals surface area contributed by atoms with E-state index in [2.05, 4.69) is 125 Å². The molecule has 4 aromatic carbocycles. The van der Waals surface area contributed by atoms with Crippen LogP contribution in [0.4, 0.5) is 0 Å². The molecular formula is C35H36Hf. The second-order valence-electron chi connectivity index (χ2n) is 11.7. The van der Waals surface area contributed by atoms with Gasteiger partial charge in [-0.1, -0.05) is 101 Å². The molecule has 2 aliphatic rings. The first-order chi connectivity index (χ1) is 17.1. The van der Waals surface area contributed by atoms with Crippen molar-refractivity contribution in [3.05, 3.63) is 118 Å². The third-order valence-corrected chi connectivity index (χ3v) is 7.08. The summed E-state index contributed by atoms with van der Waals surface area (Å²) in [6, 6.07) is 33.3. The molecule has 0 amide bonds. The Labute approximate surface area is 232 Å². The summed E-state index contributed by atoms with van der Waals surface area (Å²) in [5.41, 5.74) is 14.2. The molecule has 0 fully saturated rings. The van der Waals surface area contributed by atoms with E-state index in [9.17, 15) is 0 Å². The molecule has 0 spiro atoms. The molecule has 0 unspecified atom stereocenters. The van der Waals surface area contributed by atoms with Crippen LogP contribution in [0.3, 0.4) is 0 Å². The van der Waals surface area contributed by atoms with Crippen molar-refractivity contribution in [2.75, 3.05) is 0 Å². The number of rotatable bonds is 0. The number of hydrogen-bond acceptors (Lipinski definition) is 0. The summed E-state index contributed by atoms with van der Waals surface area (Å²) in [7, 11) is 0. The Hall–Kier alpha value is -2.38. The van der Waals surface area contributed by atoms with Gasteiger partial charge in [-0.05, 0) is 34.8 Å². The Morgan fingerprint density at radius 2 is 1.25 bits per heavy atom. The van der Waals surface area contributed by atoms with E-state index in [0.29, 0.717) is 0 Å². The molecule has 0 aliphatic heterocycles. The topological polar surface area (TPSA) is 0 Å². The first-order valence-electron chi connectivity index (χ1n) is 12.7. The minimum atomic E-state index is 0.167. The molecule has 0 atom stereocenters. The summed E-state index contributed by atoms with van der Waals surface area (Å²) in [5, 5.41) is 0. The fourth-order valence-corrected chi connectivity index (χ4v) is 5.03. The molecule has 6 rings (SSSR count). The summed E-state index contributed by atoms with van der Waals surface area (Å²) >= 11 is 1.06. The minimum absolute atomic E-state index is 0.167. The molecule has 0 heterocycles. The van der Waals surface area contributed by atoms with E-state index >= 15 is 0 Å². The van der Waals surface area contributed by atoms with Gasteiger partial charge in [0, 0.05) is 0 Å². The van der Waals surface area contributed by atoms with Crippen molar-refractivity contribution in [3.63, 3.8) is 0 Å². The Balaban J connectivity index is 0.000000173. The van der Waals surface area contributed by atoms with E-state index in [1.54, 1.807) is 0 Å². The van der Waals surface area contributed by atoms with Gasteiger partial charge >= 0.3 is 28.2 Å². The molecule has 1 heteroatoms. The van der Waals surface area contributed by atoms with E-state index in [1.807, 2.05) is 6.07 Å². The van der Waals surface area contributed by atoms with Crippen LogP contribution in [-0.4, -0.2) is 4.26 Å². The predicted octanol–water partition coefficient (Wildman–Crippen LogP) is 8.68. The van der Waals surface area contributed by atoms with Crippen LogP contribution in [0.5, 0.6) is 0 Å². The van der Waals surface area contributed by atoms with Crippen molar-refractivity contribution in [1.82, 2.24) is 0 Å². The van der Waals surface area contributed by atoms with Gasteiger partial charge in [0.1, 0.15) is 0 Å². The Bertz CT molecular complexity index is 1270. The van der Waals surface area contributed by atoms with E-state index in [4.69, 9.17) is 0 Å². The fraction of sp³-hybridized carbons (Fsp3) is 0.286. The van der Waals surface area contributed by atoms with Gasteiger partial charge in [-0.3, -0.25) is 0 Å². The zero-order valence-electron chi connectivity index (χ0n) is 22.5. The van der Waals surface area contributed by atoms with Crippen LogP contribution in [0, 0.1) is 12.1 Å². The van der Waals surface area contributed by atoms with Crippen molar-refractivity contribution < 1.29 is 23.9 Å². The summed E-state index contributed by atoms with van der Waals surface area (Å²) in [6.45, 7) is 13.6. The van der Waals surface area contributed by atoms with Crippen molar-refractivity contribution in [3.8, 4) is 22.3 Å². The maximum absolute atomic E-state index is 3.67. The van der Waals surface area contributed by atoms with Gasteiger partial charge in [-0.15, -0.1) is 16.7 Å². The van der Waals surface area contributed by atoms with E-state index < -0.39 is 0 Å². The molecule has 4 aromatic rings. The smallest absolute Gasteiger partial charge is 0.0253 e. The molecular weight excluding hydrogens is 599 g/mol. The zero-order chi connectivity index (χ0) is 26.1. The zero-order valence-corrected chi connectivity index (χ0v) is 26.1. The normalized spacial score (nSPS) is 12.8. The van der Waals surface area contributed by atoms with Crippen LogP contribution >= 0.6 is 0 Å². The standard InChI is InChI=1S/C21H25.C13H9.CH2.Hf/c1-20(2,3)16-7-9-18-14(12-16)11-15-13-17(21(4,5)6)8-10-19(15)18;1-3-7-12-10(5-1)9-11-6-2-4-8-13(11)12;;/h7-10,12H,11H2,1-6H3;1-5,7-8H,9H2;1H2;/q2*-1;;+2. The molecule has 0 saturated heterocycles. The van der Waals surface area contributed by atoms with Crippen LogP contribution in [0.1, 0.15) is 74.9 Å². The van der Waals surface area contributed by atoms with Crippen LogP contribution in [0.15, 0.2) is 72.8 Å². The van der Waals surface area contributed by atoms with E-state index in [0.717, 1.165) is 36.7 Å². The summed E-state index contributed by atoms with van der Waals surface area (Å²) in [6.07, 6.45) is 2.07. The third kappa shape index (κ3) is 5.47. The van der Waals surface area contributed by atoms with Crippen molar-refractivity contribution in [2.45, 2.75) is 65.2 Å². The SMILES string of the molecule is CC(C)(C)c1[c-]c2c(cc1)-c1ccc(C(C)(C)C)cc1C2.[CH2]=[Hf+2].[c-]1cccc2c1Cc1ccccc1-2. The van der Waals surface area contributed by atoms with Crippen LogP contribution in [-0.2, 0) is 47.6 Å². The van der Waals surface area contributed by atoms with Gasteiger partial charge < -0.3 is 0 Å². The number of fused-ring (bicyclic) bond motifs is 6. The molecule has 180 valence electrons. The molecule has 0 nitrogen and oxygen atoms in total. The summed E-state index contributed by atoms with van der Waals surface area (Å²) in [5.74, 6) is 0. The second-order valence-corrected chi connectivity index (χ2v) is 11.7. The van der Waals surface area contributed by atoms with Crippen LogP contribution < -0.4 is 0 Å². The number of hydrogen-bond donors (Lipinski definition) is 0. The minimum Gasteiger partial charge on any atom is -0.179 e. The third-order valence-electron chi connectivity index (χ3n) is 7.08. The molecule has 0 bridgehead atoms. The second kappa shape index (κ2) is 10.5. The van der Waals surface area contributed by atoms with Gasteiger partial charge in [0.15, 0.2) is 0 Å². The summed E-state index contributed by atoms with van der Waals surface area (Å²) in [4.78, 5) is 0. The average molecular weight is 635 g/mol. The Morgan fingerprint density at radius 1 is 0.639 bits per heavy atom. The van der Waals surface area contributed by atoms with Crippen LogP contribution in [0.25, 0.3) is 22.3 Å². The first kappa shape index (κ1) is 26.7. The molecule has 0 saturated carbocycles. The maximum atomic E-state index is 3.67. The van der Waals surface area contributed by atoms with Crippen LogP contribution in [0.2, 0.25) is 0 Å². The van der Waals surface area contributed by atoms with Gasteiger partial charge in [0.2, 0.25) is 0 Å². The molecule has 36 heavy (non-hydrogen) atoms. The Morgan fingerprint density at radius 3 is 1.97 bits per heavy atom. The Kier molecular flexibility index (Phi) is 7.81. The molecule has 0 aromatic heterocycles. The molecule has 0 N–H and O–H groups in total. The van der Waals surface area contributed by atoms with E-state index in [-0.39, 0.29) is 10.8 Å². The predicted molar refractivity (Wildman–Crippen MR) is 152 cm³/mol. The first-order valence-corrected chi connectivity index (χ1v) is 15.3. The van der Waals surface area contributed by atoms with Crippen molar-refractivity contribution in [2.24, 2.45) is 0 Å². The molecule has 2 aliphatic carbocycles. The molecule has 0 radical (unpaired) electrons. The van der Waals surface area contributed by atoms with Gasteiger partial charge in [-0.25, -0.2) is 0 Å². The number of benzene rings is 4. The average Bonchev–Trinajstić information content (AvgIpc) is 3.42. The fourth-order valence-electron chi connectivity index (χ4n) is 5.03. The van der Waals surface area contributed by atoms with Gasteiger partial charge in [0.05, 0.1) is 0 Å².